The average Bonchev–Trinajstić information content (AvgIpc) is 2.79. The van der Waals surface area contributed by atoms with Gasteiger partial charge in [-0.25, -0.2) is 4.98 Å². The number of nitrogens with zero attached hydrogens (tertiary/aromatic N) is 3. The van der Waals surface area contributed by atoms with E-state index in [1.165, 1.54) is 12.4 Å². The van der Waals surface area contributed by atoms with Crippen LogP contribution in [0.3, 0.4) is 0 Å². The second-order valence-corrected chi connectivity index (χ2v) is 5.25. The van der Waals surface area contributed by atoms with Crippen molar-refractivity contribution in [2.75, 3.05) is 13.1 Å². The number of amides is 2. The van der Waals surface area contributed by atoms with E-state index in [-0.39, 0.29) is 17.4 Å². The molecule has 19 heavy (non-hydrogen) atoms. The first kappa shape index (κ1) is 12.1. The number of piperidine rings is 1. The maximum Gasteiger partial charge on any atom is 0.274 e. The van der Waals surface area contributed by atoms with E-state index in [0.29, 0.717) is 25.2 Å². The van der Waals surface area contributed by atoms with E-state index in [4.69, 9.17) is 0 Å². The van der Waals surface area contributed by atoms with Crippen LogP contribution in [0.25, 0.3) is 0 Å². The Morgan fingerprint density at radius 3 is 2.95 bits per heavy atom. The van der Waals surface area contributed by atoms with Gasteiger partial charge in [0.05, 0.1) is 11.7 Å². The Kier molecular flexibility index (Phi) is 2.93. The SMILES string of the molecule is O=C1CCC2(CCCN(C(=O)c3cnccn3)C2)N1. The monoisotopic (exact) mass is 260 g/mol. The van der Waals surface area contributed by atoms with E-state index in [2.05, 4.69) is 15.3 Å². The van der Waals surface area contributed by atoms with E-state index in [0.717, 1.165) is 19.3 Å². The van der Waals surface area contributed by atoms with Crippen LogP contribution in [0.5, 0.6) is 0 Å². The quantitative estimate of drug-likeness (QED) is 0.791. The third-order valence-corrected chi connectivity index (χ3v) is 3.88. The van der Waals surface area contributed by atoms with Crippen LogP contribution in [0.15, 0.2) is 18.6 Å². The molecule has 3 rings (SSSR count). The third kappa shape index (κ3) is 2.30. The smallest absolute Gasteiger partial charge is 0.274 e. The third-order valence-electron chi connectivity index (χ3n) is 3.88. The van der Waals surface area contributed by atoms with E-state index in [9.17, 15) is 9.59 Å². The highest BCUT2D eigenvalue weighted by Crippen LogP contribution is 2.30. The van der Waals surface area contributed by atoms with E-state index in [1.54, 1.807) is 11.1 Å². The normalized spacial score (nSPS) is 26.5. The topological polar surface area (TPSA) is 75.2 Å². The van der Waals surface area contributed by atoms with Crippen LogP contribution in [-0.4, -0.2) is 45.3 Å². The van der Waals surface area contributed by atoms with Crippen LogP contribution in [-0.2, 0) is 4.79 Å². The lowest BCUT2D eigenvalue weighted by Crippen LogP contribution is -2.56. The first-order valence-corrected chi connectivity index (χ1v) is 6.55. The molecule has 0 aromatic carbocycles. The van der Waals surface area contributed by atoms with Crippen molar-refractivity contribution >= 4 is 11.8 Å². The van der Waals surface area contributed by atoms with Gasteiger partial charge in [-0.1, -0.05) is 0 Å². The van der Waals surface area contributed by atoms with Crippen molar-refractivity contribution in [2.45, 2.75) is 31.2 Å². The molecule has 1 spiro atoms. The van der Waals surface area contributed by atoms with E-state index >= 15 is 0 Å². The largest absolute Gasteiger partial charge is 0.349 e. The Balaban J connectivity index is 1.75. The molecule has 1 N–H and O–H groups in total. The van der Waals surface area contributed by atoms with Gasteiger partial charge in [0.2, 0.25) is 5.91 Å². The van der Waals surface area contributed by atoms with Gasteiger partial charge in [0.15, 0.2) is 0 Å². The first-order valence-electron chi connectivity index (χ1n) is 6.55. The second kappa shape index (κ2) is 4.60. The molecule has 3 heterocycles. The Morgan fingerprint density at radius 2 is 2.26 bits per heavy atom. The molecule has 1 aromatic rings. The zero-order valence-electron chi connectivity index (χ0n) is 10.6. The predicted molar refractivity (Wildman–Crippen MR) is 67.3 cm³/mol. The van der Waals surface area contributed by atoms with Crippen molar-refractivity contribution < 1.29 is 9.59 Å². The summed E-state index contributed by atoms with van der Waals surface area (Å²) in [5, 5.41) is 3.04. The summed E-state index contributed by atoms with van der Waals surface area (Å²) in [5.41, 5.74) is 0.150. The van der Waals surface area contributed by atoms with Crippen LogP contribution in [0.4, 0.5) is 0 Å². The number of hydrogen-bond donors (Lipinski definition) is 1. The minimum atomic E-state index is -0.215. The fourth-order valence-electron chi connectivity index (χ4n) is 2.96. The molecule has 1 unspecified atom stereocenters. The molecule has 2 aliphatic heterocycles. The van der Waals surface area contributed by atoms with Crippen LogP contribution in [0.2, 0.25) is 0 Å². The molecule has 2 saturated heterocycles. The number of likely N-dealkylation sites (tertiary alicyclic amines) is 1. The van der Waals surface area contributed by atoms with Gasteiger partial charge in [0.25, 0.3) is 5.91 Å². The molecule has 1 atom stereocenters. The van der Waals surface area contributed by atoms with Crippen molar-refractivity contribution in [2.24, 2.45) is 0 Å². The summed E-state index contributed by atoms with van der Waals surface area (Å²) in [4.78, 5) is 33.5. The summed E-state index contributed by atoms with van der Waals surface area (Å²) in [5.74, 6) is -0.0119. The second-order valence-electron chi connectivity index (χ2n) is 5.25. The summed E-state index contributed by atoms with van der Waals surface area (Å²) in [6.45, 7) is 1.29. The molecule has 6 nitrogen and oxygen atoms in total. The van der Waals surface area contributed by atoms with Gasteiger partial charge < -0.3 is 10.2 Å². The first-order chi connectivity index (χ1) is 9.19. The van der Waals surface area contributed by atoms with Crippen LogP contribution >= 0.6 is 0 Å². The van der Waals surface area contributed by atoms with Gasteiger partial charge in [-0.05, 0) is 19.3 Å². The summed E-state index contributed by atoms with van der Waals surface area (Å²) in [6.07, 6.45) is 7.78. The Bertz CT molecular complexity index is 505. The minimum Gasteiger partial charge on any atom is -0.349 e. The number of nitrogens with one attached hydrogen (secondary N) is 1. The molecule has 6 heteroatoms. The highest BCUT2D eigenvalue weighted by atomic mass is 16.2. The molecule has 2 aliphatic rings. The van der Waals surface area contributed by atoms with Gasteiger partial charge in [0.1, 0.15) is 5.69 Å². The average molecular weight is 260 g/mol. The zero-order chi connectivity index (χ0) is 13.3. The number of carbonyl (C=O) groups is 2. The number of rotatable bonds is 1. The van der Waals surface area contributed by atoms with Crippen molar-refractivity contribution in [3.05, 3.63) is 24.3 Å². The summed E-state index contributed by atoms with van der Waals surface area (Å²) < 4.78 is 0. The lowest BCUT2D eigenvalue weighted by Gasteiger charge is -2.40. The Hall–Kier alpha value is -1.98. The maximum absolute atomic E-state index is 12.3. The number of aromatic nitrogens is 2. The van der Waals surface area contributed by atoms with Crippen molar-refractivity contribution in [1.82, 2.24) is 20.2 Å². The van der Waals surface area contributed by atoms with Crippen LogP contribution in [0, 0.1) is 0 Å². The minimum absolute atomic E-state index is 0.0915. The highest BCUT2D eigenvalue weighted by molar-refractivity contribution is 5.92. The van der Waals surface area contributed by atoms with Gasteiger partial charge >= 0.3 is 0 Å². The molecular weight excluding hydrogens is 244 g/mol. The predicted octanol–water partition coefficient (Wildman–Crippen LogP) is 0.361. The molecule has 100 valence electrons. The fraction of sp³-hybridized carbons (Fsp3) is 0.538. The Labute approximate surface area is 111 Å². The van der Waals surface area contributed by atoms with Crippen LogP contribution in [0.1, 0.15) is 36.2 Å². The summed E-state index contributed by atoms with van der Waals surface area (Å²) in [7, 11) is 0. The zero-order valence-corrected chi connectivity index (χ0v) is 10.6. The molecule has 0 bridgehead atoms. The van der Waals surface area contributed by atoms with Crippen LogP contribution < -0.4 is 5.32 Å². The molecule has 1 aromatic heterocycles. The molecule has 0 saturated carbocycles. The summed E-state index contributed by atoms with van der Waals surface area (Å²) in [6, 6.07) is 0. The molecular formula is C13H16N4O2. The standard InChI is InChI=1S/C13H16N4O2/c18-11-2-4-13(16-11)3-1-7-17(9-13)12(19)10-8-14-5-6-15-10/h5-6,8H,1-4,7,9H2,(H,16,18). The maximum atomic E-state index is 12.3. The highest BCUT2D eigenvalue weighted by Gasteiger charge is 2.42. The lowest BCUT2D eigenvalue weighted by atomic mass is 9.87. The van der Waals surface area contributed by atoms with Crippen molar-refractivity contribution in [1.29, 1.82) is 0 Å². The van der Waals surface area contributed by atoms with Gasteiger partial charge in [-0.15, -0.1) is 0 Å². The molecule has 0 aliphatic carbocycles. The lowest BCUT2D eigenvalue weighted by molar-refractivity contribution is -0.120. The van der Waals surface area contributed by atoms with Gasteiger partial charge in [0, 0.05) is 31.9 Å². The Morgan fingerprint density at radius 1 is 1.37 bits per heavy atom. The number of carbonyl (C=O) groups excluding carboxylic acids is 2. The molecule has 2 amide bonds. The van der Waals surface area contributed by atoms with E-state index < -0.39 is 0 Å². The molecule has 0 radical (unpaired) electrons. The van der Waals surface area contributed by atoms with Gasteiger partial charge in [-0.2, -0.15) is 0 Å². The number of hydrogen-bond acceptors (Lipinski definition) is 4. The molecule has 2 fully saturated rings. The van der Waals surface area contributed by atoms with E-state index in [1.807, 2.05) is 0 Å². The van der Waals surface area contributed by atoms with Crippen molar-refractivity contribution in [3.8, 4) is 0 Å². The van der Waals surface area contributed by atoms with Crippen molar-refractivity contribution in [3.63, 3.8) is 0 Å². The fourth-order valence-corrected chi connectivity index (χ4v) is 2.96. The van der Waals surface area contributed by atoms with Gasteiger partial charge in [-0.3, -0.25) is 14.6 Å². The summed E-state index contributed by atoms with van der Waals surface area (Å²) >= 11 is 0.